The summed E-state index contributed by atoms with van der Waals surface area (Å²) in [5.74, 6) is -1.25. The Labute approximate surface area is 128 Å². The number of aryl methyl sites for hydroxylation is 2. The summed E-state index contributed by atoms with van der Waals surface area (Å²) >= 11 is 0. The molecule has 0 amide bonds. The topological polar surface area (TPSA) is 41.5 Å². The molecule has 1 aliphatic rings. The molecule has 21 heavy (non-hydrogen) atoms. The Morgan fingerprint density at radius 1 is 1.33 bits per heavy atom. The maximum Gasteiger partial charge on any atom is 0.208 e. The molecule has 3 heteroatoms. The molecule has 2 unspecified atom stereocenters. The average molecular weight is 291 g/mol. The molecule has 1 aliphatic heterocycles. The predicted molar refractivity (Wildman–Crippen MR) is 86.4 cm³/mol. The summed E-state index contributed by atoms with van der Waals surface area (Å²) < 4.78 is 5.90. The van der Waals surface area contributed by atoms with Gasteiger partial charge in [0, 0.05) is 11.1 Å². The monoisotopic (exact) mass is 291 g/mol. The van der Waals surface area contributed by atoms with Crippen LogP contribution in [0.25, 0.3) is 0 Å². The van der Waals surface area contributed by atoms with Crippen LogP contribution in [-0.4, -0.2) is 23.3 Å². The molecule has 1 fully saturated rings. The standard InChI is InChI=1S/C18H29NO2/c1-7-8-15-10-16(9-12(2)13(15)3)18(20)14(4)19-17(5,6)11-21-18/h9-10,14,19-20H,7-8,11H2,1-6H3. The molecule has 0 radical (unpaired) electrons. The van der Waals surface area contributed by atoms with Crippen molar-refractivity contribution < 1.29 is 9.84 Å². The smallest absolute Gasteiger partial charge is 0.208 e. The lowest BCUT2D eigenvalue weighted by molar-refractivity contribution is -0.263. The number of nitrogens with one attached hydrogen (secondary N) is 1. The number of hydrogen-bond acceptors (Lipinski definition) is 3. The van der Waals surface area contributed by atoms with Crippen molar-refractivity contribution in [1.29, 1.82) is 0 Å². The summed E-state index contributed by atoms with van der Waals surface area (Å²) in [6.45, 7) is 13.1. The maximum atomic E-state index is 11.1. The molecule has 0 spiro atoms. The number of benzene rings is 1. The fourth-order valence-corrected chi connectivity index (χ4v) is 3.14. The molecule has 0 saturated carbocycles. The molecule has 118 valence electrons. The van der Waals surface area contributed by atoms with Crippen LogP contribution >= 0.6 is 0 Å². The third-order valence-electron chi connectivity index (χ3n) is 4.56. The van der Waals surface area contributed by atoms with Crippen LogP contribution in [0.3, 0.4) is 0 Å². The van der Waals surface area contributed by atoms with Crippen molar-refractivity contribution >= 4 is 0 Å². The van der Waals surface area contributed by atoms with Gasteiger partial charge in [-0.25, -0.2) is 0 Å². The Kier molecular flexibility index (Phi) is 4.48. The predicted octanol–water partition coefficient (Wildman–Crippen LogP) is 3.19. The third-order valence-corrected chi connectivity index (χ3v) is 4.56. The van der Waals surface area contributed by atoms with Crippen LogP contribution in [0, 0.1) is 13.8 Å². The van der Waals surface area contributed by atoms with Crippen molar-refractivity contribution in [3.05, 3.63) is 34.4 Å². The van der Waals surface area contributed by atoms with Crippen LogP contribution in [0.15, 0.2) is 12.1 Å². The Morgan fingerprint density at radius 2 is 2.00 bits per heavy atom. The van der Waals surface area contributed by atoms with Gasteiger partial charge in [0.1, 0.15) is 0 Å². The van der Waals surface area contributed by atoms with Crippen LogP contribution in [0.5, 0.6) is 0 Å². The highest BCUT2D eigenvalue weighted by Gasteiger charge is 2.45. The molecule has 1 saturated heterocycles. The molecule has 2 atom stereocenters. The molecule has 0 aromatic heterocycles. The second kappa shape index (κ2) is 5.71. The molecule has 0 bridgehead atoms. The largest absolute Gasteiger partial charge is 0.361 e. The van der Waals surface area contributed by atoms with Crippen molar-refractivity contribution in [2.45, 2.75) is 71.8 Å². The zero-order chi connectivity index (χ0) is 15.8. The minimum absolute atomic E-state index is 0.113. The molecule has 0 aliphatic carbocycles. The lowest BCUT2D eigenvalue weighted by Crippen LogP contribution is -2.63. The van der Waals surface area contributed by atoms with E-state index in [1.807, 2.05) is 6.92 Å². The van der Waals surface area contributed by atoms with E-state index in [9.17, 15) is 5.11 Å². The van der Waals surface area contributed by atoms with Gasteiger partial charge in [0.05, 0.1) is 12.6 Å². The van der Waals surface area contributed by atoms with Gasteiger partial charge in [-0.2, -0.15) is 0 Å². The normalized spacial score (nSPS) is 28.6. The van der Waals surface area contributed by atoms with Crippen molar-refractivity contribution in [2.75, 3.05) is 6.61 Å². The van der Waals surface area contributed by atoms with E-state index in [1.165, 1.54) is 16.7 Å². The van der Waals surface area contributed by atoms with Crippen molar-refractivity contribution in [3.8, 4) is 0 Å². The van der Waals surface area contributed by atoms with E-state index in [0.29, 0.717) is 6.61 Å². The lowest BCUT2D eigenvalue weighted by atomic mass is 9.88. The first kappa shape index (κ1) is 16.5. The van der Waals surface area contributed by atoms with Crippen molar-refractivity contribution in [1.82, 2.24) is 5.32 Å². The van der Waals surface area contributed by atoms with E-state index in [2.05, 4.69) is 52.1 Å². The Bertz CT molecular complexity index is 524. The van der Waals surface area contributed by atoms with Crippen LogP contribution in [0.2, 0.25) is 0 Å². The third kappa shape index (κ3) is 3.15. The number of rotatable bonds is 3. The summed E-state index contributed by atoms with van der Waals surface area (Å²) in [4.78, 5) is 0. The summed E-state index contributed by atoms with van der Waals surface area (Å²) in [5.41, 5.74) is 4.59. The van der Waals surface area contributed by atoms with Gasteiger partial charge in [-0.1, -0.05) is 25.5 Å². The van der Waals surface area contributed by atoms with Gasteiger partial charge in [0.25, 0.3) is 0 Å². The first-order chi connectivity index (χ1) is 9.69. The van der Waals surface area contributed by atoms with Gasteiger partial charge in [0.15, 0.2) is 0 Å². The number of ether oxygens (including phenoxy) is 1. The van der Waals surface area contributed by atoms with Gasteiger partial charge < -0.3 is 15.2 Å². The summed E-state index contributed by atoms with van der Waals surface area (Å²) in [7, 11) is 0. The van der Waals surface area contributed by atoms with Crippen LogP contribution in [0.4, 0.5) is 0 Å². The molecule has 3 nitrogen and oxygen atoms in total. The highest BCUT2D eigenvalue weighted by Crippen LogP contribution is 2.34. The van der Waals surface area contributed by atoms with Crippen molar-refractivity contribution in [2.24, 2.45) is 0 Å². The number of aliphatic hydroxyl groups is 1. The fraction of sp³-hybridized carbons (Fsp3) is 0.667. The van der Waals surface area contributed by atoms with Crippen LogP contribution in [-0.2, 0) is 16.9 Å². The molecule has 2 rings (SSSR count). The van der Waals surface area contributed by atoms with Crippen LogP contribution in [0.1, 0.15) is 56.4 Å². The van der Waals surface area contributed by atoms with Crippen LogP contribution < -0.4 is 5.32 Å². The minimum atomic E-state index is -1.25. The molecular formula is C18H29NO2. The lowest BCUT2D eigenvalue weighted by Gasteiger charge is -2.46. The Morgan fingerprint density at radius 3 is 2.57 bits per heavy atom. The number of hydrogen-bond donors (Lipinski definition) is 2. The quantitative estimate of drug-likeness (QED) is 0.898. The first-order valence-corrected chi connectivity index (χ1v) is 7.94. The van der Waals surface area contributed by atoms with E-state index in [1.54, 1.807) is 0 Å². The molecular weight excluding hydrogens is 262 g/mol. The summed E-state index contributed by atoms with van der Waals surface area (Å²) in [6, 6.07) is 4.02. The number of morpholine rings is 1. The average Bonchev–Trinajstić information content (AvgIpc) is 2.39. The van der Waals surface area contributed by atoms with Gasteiger partial charge >= 0.3 is 0 Å². The minimum Gasteiger partial charge on any atom is -0.361 e. The maximum absolute atomic E-state index is 11.1. The molecule has 1 heterocycles. The molecule has 2 N–H and O–H groups in total. The highest BCUT2D eigenvalue weighted by atomic mass is 16.6. The van der Waals surface area contributed by atoms with E-state index in [4.69, 9.17) is 4.74 Å². The Balaban J connectivity index is 2.41. The zero-order valence-electron chi connectivity index (χ0n) is 14.2. The van der Waals surface area contributed by atoms with Gasteiger partial charge in [0.2, 0.25) is 5.79 Å². The van der Waals surface area contributed by atoms with E-state index < -0.39 is 5.79 Å². The van der Waals surface area contributed by atoms with E-state index in [-0.39, 0.29) is 11.6 Å². The fourth-order valence-electron chi connectivity index (χ4n) is 3.14. The van der Waals surface area contributed by atoms with Crippen molar-refractivity contribution in [3.63, 3.8) is 0 Å². The Hall–Kier alpha value is -0.900. The van der Waals surface area contributed by atoms with E-state index in [0.717, 1.165) is 18.4 Å². The van der Waals surface area contributed by atoms with Gasteiger partial charge in [-0.15, -0.1) is 0 Å². The first-order valence-electron chi connectivity index (χ1n) is 7.94. The van der Waals surface area contributed by atoms with Gasteiger partial charge in [-0.3, -0.25) is 0 Å². The SMILES string of the molecule is CCCc1cc(C2(O)OCC(C)(C)NC2C)cc(C)c1C. The summed E-state index contributed by atoms with van der Waals surface area (Å²) in [5, 5.41) is 14.5. The van der Waals surface area contributed by atoms with E-state index >= 15 is 0 Å². The van der Waals surface area contributed by atoms with Gasteiger partial charge in [-0.05, 0) is 57.7 Å². The zero-order valence-corrected chi connectivity index (χ0v) is 14.2. The summed E-state index contributed by atoms with van der Waals surface area (Å²) in [6.07, 6.45) is 2.13. The molecule has 1 aromatic carbocycles. The highest BCUT2D eigenvalue weighted by molar-refractivity contribution is 5.40. The molecule has 1 aromatic rings. The second-order valence-corrected chi connectivity index (χ2v) is 7.06. The second-order valence-electron chi connectivity index (χ2n) is 7.06.